The van der Waals surface area contributed by atoms with Crippen molar-refractivity contribution >= 4 is 11.9 Å². The SMILES string of the molecule is O=C(O)CCCNC(=O)COCCOc1ccccc1. The molecule has 0 heterocycles. The molecule has 0 radical (unpaired) electrons. The predicted molar refractivity (Wildman–Crippen MR) is 72.6 cm³/mol. The minimum Gasteiger partial charge on any atom is -0.491 e. The van der Waals surface area contributed by atoms with Crippen molar-refractivity contribution < 1.29 is 24.2 Å². The molecule has 0 atom stereocenters. The Kier molecular flexibility index (Phi) is 7.83. The van der Waals surface area contributed by atoms with Gasteiger partial charge in [0.1, 0.15) is 19.0 Å². The van der Waals surface area contributed by atoms with Crippen LogP contribution in [0.3, 0.4) is 0 Å². The number of hydrogen-bond donors (Lipinski definition) is 2. The summed E-state index contributed by atoms with van der Waals surface area (Å²) >= 11 is 0. The van der Waals surface area contributed by atoms with Crippen molar-refractivity contribution in [2.45, 2.75) is 12.8 Å². The van der Waals surface area contributed by atoms with Crippen LogP contribution in [-0.4, -0.2) is 43.3 Å². The van der Waals surface area contributed by atoms with Crippen LogP contribution in [0.25, 0.3) is 0 Å². The van der Waals surface area contributed by atoms with Crippen molar-refractivity contribution in [2.75, 3.05) is 26.4 Å². The van der Waals surface area contributed by atoms with Crippen LogP contribution in [0.4, 0.5) is 0 Å². The molecule has 0 aromatic heterocycles. The van der Waals surface area contributed by atoms with Crippen LogP contribution in [0.2, 0.25) is 0 Å². The van der Waals surface area contributed by atoms with E-state index < -0.39 is 5.97 Å². The van der Waals surface area contributed by atoms with Crippen molar-refractivity contribution in [1.29, 1.82) is 0 Å². The second-order valence-corrected chi connectivity index (χ2v) is 4.06. The maximum atomic E-state index is 11.3. The van der Waals surface area contributed by atoms with E-state index in [0.717, 1.165) is 5.75 Å². The zero-order valence-corrected chi connectivity index (χ0v) is 11.2. The summed E-state index contributed by atoms with van der Waals surface area (Å²) < 4.78 is 10.5. The standard InChI is InChI=1S/C14H19NO5/c16-13(15-8-4-7-14(17)18)11-19-9-10-20-12-5-2-1-3-6-12/h1-3,5-6H,4,7-11H2,(H,15,16)(H,17,18). The van der Waals surface area contributed by atoms with E-state index in [-0.39, 0.29) is 18.9 Å². The highest BCUT2D eigenvalue weighted by Gasteiger charge is 2.02. The third-order valence-corrected chi connectivity index (χ3v) is 2.36. The van der Waals surface area contributed by atoms with Gasteiger partial charge in [-0.3, -0.25) is 9.59 Å². The molecule has 110 valence electrons. The Morgan fingerprint density at radius 3 is 2.60 bits per heavy atom. The Bertz CT molecular complexity index is 407. The third-order valence-electron chi connectivity index (χ3n) is 2.36. The van der Waals surface area contributed by atoms with Crippen LogP contribution in [0.1, 0.15) is 12.8 Å². The van der Waals surface area contributed by atoms with Gasteiger partial charge in [0.15, 0.2) is 0 Å². The van der Waals surface area contributed by atoms with E-state index in [1.54, 1.807) is 0 Å². The number of aliphatic carboxylic acids is 1. The van der Waals surface area contributed by atoms with Crippen LogP contribution in [0.5, 0.6) is 5.75 Å². The molecule has 0 aliphatic carbocycles. The van der Waals surface area contributed by atoms with Gasteiger partial charge in [0, 0.05) is 13.0 Å². The van der Waals surface area contributed by atoms with E-state index in [0.29, 0.717) is 26.2 Å². The second kappa shape index (κ2) is 9.80. The van der Waals surface area contributed by atoms with Crippen LogP contribution in [0, 0.1) is 0 Å². The average molecular weight is 281 g/mol. The van der Waals surface area contributed by atoms with Crippen molar-refractivity contribution in [2.24, 2.45) is 0 Å². The van der Waals surface area contributed by atoms with Gasteiger partial charge >= 0.3 is 5.97 Å². The highest BCUT2D eigenvalue weighted by Crippen LogP contribution is 2.07. The average Bonchev–Trinajstić information content (AvgIpc) is 2.44. The molecule has 0 unspecified atom stereocenters. The minimum absolute atomic E-state index is 0.0477. The number of carbonyl (C=O) groups excluding carboxylic acids is 1. The van der Waals surface area contributed by atoms with Crippen LogP contribution < -0.4 is 10.1 Å². The smallest absolute Gasteiger partial charge is 0.303 e. The van der Waals surface area contributed by atoms with Gasteiger partial charge in [0.25, 0.3) is 0 Å². The molecule has 1 amide bonds. The quantitative estimate of drug-likeness (QED) is 0.626. The molecule has 2 N–H and O–H groups in total. The molecule has 1 aromatic carbocycles. The van der Waals surface area contributed by atoms with E-state index in [9.17, 15) is 9.59 Å². The molecule has 0 saturated carbocycles. The predicted octanol–water partition coefficient (Wildman–Crippen LogP) is 1.06. The summed E-state index contributed by atoms with van der Waals surface area (Å²) in [5, 5.41) is 11.0. The van der Waals surface area contributed by atoms with Crippen LogP contribution in [-0.2, 0) is 14.3 Å². The van der Waals surface area contributed by atoms with Gasteiger partial charge in [-0.25, -0.2) is 0 Å². The lowest BCUT2D eigenvalue weighted by molar-refractivity contribution is -0.137. The lowest BCUT2D eigenvalue weighted by Gasteiger charge is -2.07. The molecular formula is C14H19NO5. The Labute approximate surface area is 117 Å². The maximum Gasteiger partial charge on any atom is 0.303 e. The van der Waals surface area contributed by atoms with Gasteiger partial charge in [0.2, 0.25) is 5.91 Å². The summed E-state index contributed by atoms with van der Waals surface area (Å²) in [7, 11) is 0. The van der Waals surface area contributed by atoms with E-state index in [4.69, 9.17) is 14.6 Å². The van der Waals surface area contributed by atoms with Gasteiger partial charge in [0.05, 0.1) is 6.61 Å². The highest BCUT2D eigenvalue weighted by atomic mass is 16.5. The topological polar surface area (TPSA) is 84.9 Å². The molecule has 0 saturated heterocycles. The zero-order valence-electron chi connectivity index (χ0n) is 11.2. The molecule has 0 bridgehead atoms. The number of carbonyl (C=O) groups is 2. The van der Waals surface area contributed by atoms with Crippen molar-refractivity contribution in [3.8, 4) is 5.75 Å². The molecule has 0 aliphatic heterocycles. The van der Waals surface area contributed by atoms with E-state index in [2.05, 4.69) is 5.32 Å². The number of nitrogens with one attached hydrogen (secondary N) is 1. The minimum atomic E-state index is -0.867. The number of para-hydroxylation sites is 1. The maximum absolute atomic E-state index is 11.3. The number of rotatable bonds is 10. The second-order valence-electron chi connectivity index (χ2n) is 4.06. The summed E-state index contributed by atoms with van der Waals surface area (Å²) in [6.45, 7) is 0.980. The number of carboxylic acid groups (broad SMARTS) is 1. The first-order valence-corrected chi connectivity index (χ1v) is 6.42. The molecule has 6 heteroatoms. The summed E-state index contributed by atoms with van der Waals surface area (Å²) in [5.41, 5.74) is 0. The molecular weight excluding hydrogens is 262 g/mol. The first-order valence-electron chi connectivity index (χ1n) is 6.42. The lowest BCUT2D eigenvalue weighted by Crippen LogP contribution is -2.29. The third kappa shape index (κ3) is 8.10. The summed E-state index contributed by atoms with van der Waals surface area (Å²) in [6.07, 6.45) is 0.463. The Morgan fingerprint density at radius 2 is 1.90 bits per heavy atom. The zero-order chi connectivity index (χ0) is 14.6. The Morgan fingerprint density at radius 1 is 1.15 bits per heavy atom. The molecule has 20 heavy (non-hydrogen) atoms. The normalized spacial score (nSPS) is 10.0. The van der Waals surface area contributed by atoms with E-state index >= 15 is 0 Å². The molecule has 1 rings (SSSR count). The van der Waals surface area contributed by atoms with Gasteiger partial charge < -0.3 is 19.9 Å². The highest BCUT2D eigenvalue weighted by molar-refractivity contribution is 5.77. The number of hydrogen-bond acceptors (Lipinski definition) is 4. The fourth-order valence-corrected chi connectivity index (χ4v) is 1.42. The number of carboxylic acids is 1. The molecule has 0 aliphatic rings. The fourth-order valence-electron chi connectivity index (χ4n) is 1.42. The molecule has 0 spiro atoms. The molecule has 6 nitrogen and oxygen atoms in total. The number of amides is 1. The lowest BCUT2D eigenvalue weighted by atomic mass is 10.3. The Balaban J connectivity index is 1.95. The first kappa shape index (κ1) is 16.0. The first-order chi connectivity index (χ1) is 9.68. The van der Waals surface area contributed by atoms with Crippen molar-refractivity contribution in [3.05, 3.63) is 30.3 Å². The molecule has 1 aromatic rings. The molecule has 0 fully saturated rings. The number of benzene rings is 1. The number of ether oxygens (including phenoxy) is 2. The van der Waals surface area contributed by atoms with Gasteiger partial charge in [-0.05, 0) is 18.6 Å². The van der Waals surface area contributed by atoms with Gasteiger partial charge in [-0.2, -0.15) is 0 Å². The fraction of sp³-hybridized carbons (Fsp3) is 0.429. The monoisotopic (exact) mass is 281 g/mol. The van der Waals surface area contributed by atoms with Gasteiger partial charge in [-0.1, -0.05) is 18.2 Å². The summed E-state index contributed by atoms with van der Waals surface area (Å²) in [5.74, 6) is -0.363. The summed E-state index contributed by atoms with van der Waals surface area (Å²) in [4.78, 5) is 21.6. The largest absolute Gasteiger partial charge is 0.491 e. The van der Waals surface area contributed by atoms with Crippen LogP contribution >= 0.6 is 0 Å². The van der Waals surface area contributed by atoms with E-state index in [1.165, 1.54) is 0 Å². The van der Waals surface area contributed by atoms with Gasteiger partial charge in [-0.15, -0.1) is 0 Å². The van der Waals surface area contributed by atoms with Crippen molar-refractivity contribution in [3.63, 3.8) is 0 Å². The summed E-state index contributed by atoms with van der Waals surface area (Å²) in [6, 6.07) is 9.34. The van der Waals surface area contributed by atoms with E-state index in [1.807, 2.05) is 30.3 Å². The van der Waals surface area contributed by atoms with Crippen molar-refractivity contribution in [1.82, 2.24) is 5.32 Å². The Hall–Kier alpha value is -2.08. The van der Waals surface area contributed by atoms with Crippen LogP contribution in [0.15, 0.2) is 30.3 Å².